The lowest BCUT2D eigenvalue weighted by Crippen LogP contribution is -2.32. The van der Waals surface area contributed by atoms with Gasteiger partial charge >= 0.3 is 12.0 Å². The van der Waals surface area contributed by atoms with Gasteiger partial charge in [0.15, 0.2) is 0 Å². The molecule has 1 aliphatic rings. The van der Waals surface area contributed by atoms with Crippen LogP contribution in [0, 0.1) is 13.8 Å². The number of aryl methyl sites for hydroxylation is 2. The number of benzene rings is 1. The van der Waals surface area contributed by atoms with E-state index in [1.807, 2.05) is 32.0 Å². The molecule has 1 unspecified atom stereocenters. The summed E-state index contributed by atoms with van der Waals surface area (Å²) >= 11 is 0. The van der Waals surface area contributed by atoms with Crippen LogP contribution in [0.5, 0.6) is 0 Å². The third-order valence-electron chi connectivity index (χ3n) is 3.59. The van der Waals surface area contributed by atoms with Gasteiger partial charge in [-0.15, -0.1) is 0 Å². The molecule has 0 spiro atoms. The fourth-order valence-corrected chi connectivity index (χ4v) is 2.58. The minimum absolute atomic E-state index is 0.0241. The van der Waals surface area contributed by atoms with E-state index in [0.29, 0.717) is 6.54 Å². The number of anilines is 1. The highest BCUT2D eigenvalue weighted by molar-refractivity contribution is 5.96. The average molecular weight is 262 g/mol. The van der Waals surface area contributed by atoms with Crippen LogP contribution >= 0.6 is 0 Å². The van der Waals surface area contributed by atoms with Crippen LogP contribution in [-0.2, 0) is 4.79 Å². The van der Waals surface area contributed by atoms with Crippen molar-refractivity contribution in [2.75, 3.05) is 18.5 Å². The van der Waals surface area contributed by atoms with Gasteiger partial charge in [-0.05, 0) is 25.0 Å². The van der Waals surface area contributed by atoms with Crippen LogP contribution in [0.3, 0.4) is 0 Å². The van der Waals surface area contributed by atoms with Crippen molar-refractivity contribution in [3.63, 3.8) is 0 Å². The first-order valence-electron chi connectivity index (χ1n) is 6.24. The number of urea groups is 1. The number of para-hydroxylation sites is 1. The van der Waals surface area contributed by atoms with Crippen LogP contribution in [0.2, 0.25) is 0 Å². The summed E-state index contributed by atoms with van der Waals surface area (Å²) < 4.78 is 0. The second-order valence-electron chi connectivity index (χ2n) is 5.00. The molecule has 1 atom stereocenters. The summed E-state index contributed by atoms with van der Waals surface area (Å²) in [6.07, 6.45) is -0.0241. The Morgan fingerprint density at radius 3 is 2.47 bits per heavy atom. The third-order valence-corrected chi connectivity index (χ3v) is 3.59. The Bertz CT molecular complexity index is 507. The molecule has 1 saturated heterocycles. The average Bonchev–Trinajstić information content (AvgIpc) is 2.57. The molecule has 19 heavy (non-hydrogen) atoms. The lowest BCUT2D eigenvalue weighted by atomic mass is 10.1. The lowest BCUT2D eigenvalue weighted by molar-refractivity contribution is -0.137. The number of carboxylic acid groups (broad SMARTS) is 1. The van der Waals surface area contributed by atoms with E-state index in [1.165, 1.54) is 4.90 Å². The summed E-state index contributed by atoms with van der Waals surface area (Å²) in [4.78, 5) is 26.3. The highest BCUT2D eigenvalue weighted by atomic mass is 16.4. The molecular formula is C14H18N2O3. The Labute approximate surface area is 112 Å². The minimum atomic E-state index is -0.881. The second-order valence-corrected chi connectivity index (χ2v) is 5.00. The highest BCUT2D eigenvalue weighted by Gasteiger charge is 2.37. The maximum atomic E-state index is 12.3. The molecule has 0 bridgehead atoms. The van der Waals surface area contributed by atoms with Crippen molar-refractivity contribution in [3.8, 4) is 0 Å². The summed E-state index contributed by atoms with van der Waals surface area (Å²) in [5.41, 5.74) is 2.95. The fourth-order valence-electron chi connectivity index (χ4n) is 2.58. The number of rotatable bonds is 3. The Morgan fingerprint density at radius 2 is 1.95 bits per heavy atom. The molecule has 1 N–H and O–H groups in total. The van der Waals surface area contributed by atoms with E-state index in [9.17, 15) is 9.59 Å². The Kier molecular flexibility index (Phi) is 3.46. The zero-order chi connectivity index (χ0) is 14.2. The smallest absolute Gasteiger partial charge is 0.324 e. The van der Waals surface area contributed by atoms with Crippen molar-refractivity contribution in [2.24, 2.45) is 0 Å². The van der Waals surface area contributed by atoms with E-state index in [-0.39, 0.29) is 18.5 Å². The van der Waals surface area contributed by atoms with Crippen molar-refractivity contribution in [1.29, 1.82) is 0 Å². The normalized spacial score (nSPS) is 19.1. The lowest BCUT2D eigenvalue weighted by Gasteiger charge is -2.20. The predicted molar refractivity (Wildman–Crippen MR) is 72.5 cm³/mol. The molecule has 1 fully saturated rings. The minimum Gasteiger partial charge on any atom is -0.481 e. The summed E-state index contributed by atoms with van der Waals surface area (Å²) in [6, 6.07) is 5.46. The topological polar surface area (TPSA) is 60.9 Å². The van der Waals surface area contributed by atoms with E-state index in [0.717, 1.165) is 16.8 Å². The maximum absolute atomic E-state index is 12.3. The van der Waals surface area contributed by atoms with Crippen molar-refractivity contribution in [2.45, 2.75) is 26.3 Å². The van der Waals surface area contributed by atoms with Gasteiger partial charge in [0.1, 0.15) is 0 Å². The number of carboxylic acids is 1. The standard InChI is InChI=1S/C14H18N2O3/c1-9-5-4-6-10(2)13(9)16-8-11(7-12(17)18)15(3)14(16)19/h4-6,11H,7-8H2,1-3H3,(H,17,18). The van der Waals surface area contributed by atoms with Crippen molar-refractivity contribution in [3.05, 3.63) is 29.3 Å². The fraction of sp³-hybridized carbons (Fsp3) is 0.429. The van der Waals surface area contributed by atoms with Crippen molar-refractivity contribution < 1.29 is 14.7 Å². The van der Waals surface area contributed by atoms with Crippen molar-refractivity contribution in [1.82, 2.24) is 4.90 Å². The SMILES string of the molecule is Cc1cccc(C)c1N1CC(CC(=O)O)N(C)C1=O. The molecule has 0 aromatic heterocycles. The van der Waals surface area contributed by atoms with Gasteiger partial charge in [-0.1, -0.05) is 18.2 Å². The molecule has 0 saturated carbocycles. The molecule has 1 aliphatic heterocycles. The van der Waals surface area contributed by atoms with E-state index in [2.05, 4.69) is 0 Å². The van der Waals surface area contributed by atoms with Crippen LogP contribution in [0.15, 0.2) is 18.2 Å². The molecule has 2 amide bonds. The first-order chi connectivity index (χ1) is 8.91. The number of amides is 2. The zero-order valence-electron chi connectivity index (χ0n) is 11.4. The molecule has 0 aliphatic carbocycles. The number of hydrogen-bond acceptors (Lipinski definition) is 2. The van der Waals surface area contributed by atoms with Crippen LogP contribution in [0.25, 0.3) is 0 Å². The third kappa shape index (κ3) is 2.41. The van der Waals surface area contributed by atoms with Crippen molar-refractivity contribution >= 4 is 17.7 Å². The van der Waals surface area contributed by atoms with Gasteiger partial charge in [-0.25, -0.2) is 4.79 Å². The number of carbonyl (C=O) groups is 2. The molecule has 1 aromatic carbocycles. The molecular weight excluding hydrogens is 244 g/mol. The first-order valence-corrected chi connectivity index (χ1v) is 6.24. The van der Waals surface area contributed by atoms with Crippen LogP contribution in [-0.4, -0.2) is 41.6 Å². The number of aliphatic carboxylic acids is 1. The zero-order valence-corrected chi connectivity index (χ0v) is 11.4. The number of nitrogens with zero attached hydrogens (tertiary/aromatic N) is 2. The van der Waals surface area contributed by atoms with Gasteiger partial charge in [0, 0.05) is 13.6 Å². The quantitative estimate of drug-likeness (QED) is 0.906. The van der Waals surface area contributed by atoms with Gasteiger partial charge in [0.25, 0.3) is 0 Å². The largest absolute Gasteiger partial charge is 0.481 e. The summed E-state index contributed by atoms with van der Waals surface area (Å²) in [7, 11) is 1.66. The maximum Gasteiger partial charge on any atom is 0.324 e. The molecule has 5 nitrogen and oxygen atoms in total. The van der Waals surface area contributed by atoms with E-state index in [1.54, 1.807) is 11.9 Å². The van der Waals surface area contributed by atoms with E-state index < -0.39 is 5.97 Å². The molecule has 0 radical (unpaired) electrons. The molecule has 5 heteroatoms. The van der Waals surface area contributed by atoms with Gasteiger partial charge in [-0.3, -0.25) is 9.69 Å². The van der Waals surface area contributed by atoms with Crippen LogP contribution in [0.1, 0.15) is 17.5 Å². The van der Waals surface area contributed by atoms with Gasteiger partial charge in [0.05, 0.1) is 18.2 Å². The van der Waals surface area contributed by atoms with E-state index in [4.69, 9.17) is 5.11 Å². The van der Waals surface area contributed by atoms with Crippen LogP contribution in [0.4, 0.5) is 10.5 Å². The summed E-state index contributed by atoms with van der Waals surface area (Å²) in [5, 5.41) is 8.89. The number of likely N-dealkylation sites (N-methyl/N-ethyl adjacent to an activating group) is 1. The molecule has 1 heterocycles. The van der Waals surface area contributed by atoms with Gasteiger partial charge in [-0.2, -0.15) is 0 Å². The molecule has 1 aromatic rings. The monoisotopic (exact) mass is 262 g/mol. The molecule has 102 valence electrons. The first kappa shape index (κ1) is 13.4. The van der Waals surface area contributed by atoms with Crippen LogP contribution < -0.4 is 4.90 Å². The Hall–Kier alpha value is -2.04. The molecule has 2 rings (SSSR count). The second kappa shape index (κ2) is 4.91. The Balaban J connectivity index is 2.32. The Morgan fingerprint density at radius 1 is 1.37 bits per heavy atom. The predicted octanol–water partition coefficient (Wildman–Crippen LogP) is 2.02. The highest BCUT2D eigenvalue weighted by Crippen LogP contribution is 2.30. The van der Waals surface area contributed by atoms with Gasteiger partial charge < -0.3 is 10.0 Å². The van der Waals surface area contributed by atoms with Gasteiger partial charge in [0.2, 0.25) is 0 Å². The summed E-state index contributed by atoms with van der Waals surface area (Å²) in [5.74, 6) is -0.881. The number of carbonyl (C=O) groups excluding carboxylic acids is 1. The summed E-state index contributed by atoms with van der Waals surface area (Å²) in [6.45, 7) is 4.34. The van der Waals surface area contributed by atoms with E-state index >= 15 is 0 Å². The number of hydrogen-bond donors (Lipinski definition) is 1.